The maximum atomic E-state index is 5.37. The summed E-state index contributed by atoms with van der Waals surface area (Å²) in [7, 11) is 3.25. The van der Waals surface area contributed by atoms with E-state index in [2.05, 4.69) is 39.9 Å². The van der Waals surface area contributed by atoms with Crippen molar-refractivity contribution in [2.75, 3.05) is 32.6 Å². The van der Waals surface area contributed by atoms with E-state index in [4.69, 9.17) is 14.5 Å². The molecule has 0 bridgehead atoms. The Morgan fingerprint density at radius 3 is 2.59 bits per heavy atom. The van der Waals surface area contributed by atoms with Crippen LogP contribution in [0.3, 0.4) is 0 Å². The Morgan fingerprint density at radius 1 is 1.03 bits per heavy atom. The average molecular weight is 506 g/mol. The minimum atomic E-state index is 0. The summed E-state index contributed by atoms with van der Waals surface area (Å²) in [5, 5.41) is 7.74. The Labute approximate surface area is 188 Å². The van der Waals surface area contributed by atoms with Gasteiger partial charge in [-0.15, -0.1) is 24.0 Å². The van der Waals surface area contributed by atoms with Gasteiger partial charge in [0.2, 0.25) is 0 Å². The van der Waals surface area contributed by atoms with Gasteiger partial charge in [-0.3, -0.25) is 9.98 Å². The lowest BCUT2D eigenvalue weighted by molar-refractivity contribution is 0.355. The van der Waals surface area contributed by atoms with Crippen LogP contribution in [0.1, 0.15) is 12.5 Å². The summed E-state index contributed by atoms with van der Waals surface area (Å²) in [6.45, 7) is 3.47. The van der Waals surface area contributed by atoms with Crippen LogP contribution in [0.2, 0.25) is 0 Å². The molecule has 0 spiro atoms. The molecular formula is C22H27IN4O2. The van der Waals surface area contributed by atoms with Gasteiger partial charge in [-0.25, -0.2) is 0 Å². The van der Waals surface area contributed by atoms with Crippen LogP contribution in [0, 0.1) is 0 Å². The molecule has 0 fully saturated rings. The Balaban J connectivity index is 0.00000300. The number of rotatable bonds is 7. The zero-order chi connectivity index (χ0) is 19.8. The SMILES string of the molecule is CCNC(=NCCc1cccc2cccnc12)Nc1ccc(OC)c(OC)c1.I. The van der Waals surface area contributed by atoms with Crippen LogP contribution < -0.4 is 20.1 Å². The molecular weight excluding hydrogens is 479 g/mol. The fourth-order valence-electron chi connectivity index (χ4n) is 3.02. The summed E-state index contributed by atoms with van der Waals surface area (Å²) in [4.78, 5) is 9.22. The molecule has 6 nitrogen and oxygen atoms in total. The van der Waals surface area contributed by atoms with Gasteiger partial charge in [-0.2, -0.15) is 0 Å². The number of ether oxygens (including phenoxy) is 2. The van der Waals surface area contributed by atoms with Crippen LogP contribution in [-0.2, 0) is 6.42 Å². The fraction of sp³-hybridized carbons (Fsp3) is 0.273. The standard InChI is InChI=1S/C22H26N4O2.HI/c1-4-23-22(26-18-10-11-19(27-2)20(15-18)28-3)25-14-12-17-8-5-7-16-9-6-13-24-21(16)17;/h5-11,13,15H,4,12,14H2,1-3H3,(H2,23,25,26);1H. The molecule has 0 aliphatic heterocycles. The zero-order valence-electron chi connectivity index (χ0n) is 16.9. The number of nitrogens with one attached hydrogen (secondary N) is 2. The molecule has 154 valence electrons. The first-order valence-corrected chi connectivity index (χ1v) is 9.35. The number of nitrogens with zero attached hydrogens (tertiary/aromatic N) is 2. The number of fused-ring (bicyclic) bond motifs is 1. The molecule has 3 aromatic rings. The largest absolute Gasteiger partial charge is 0.493 e. The molecule has 1 heterocycles. The quantitative estimate of drug-likeness (QED) is 0.281. The van der Waals surface area contributed by atoms with Crippen LogP contribution >= 0.6 is 24.0 Å². The second kappa shape index (κ2) is 11.5. The molecule has 0 saturated heterocycles. The van der Waals surface area contributed by atoms with Gasteiger partial charge in [0.15, 0.2) is 17.5 Å². The molecule has 7 heteroatoms. The molecule has 3 rings (SSSR count). The number of para-hydroxylation sites is 1. The van der Waals surface area contributed by atoms with Crippen molar-refractivity contribution in [3.05, 3.63) is 60.3 Å². The van der Waals surface area contributed by atoms with Gasteiger partial charge in [0.25, 0.3) is 0 Å². The highest BCUT2D eigenvalue weighted by Gasteiger charge is 2.07. The van der Waals surface area contributed by atoms with Crippen molar-refractivity contribution in [2.24, 2.45) is 4.99 Å². The molecule has 0 aliphatic carbocycles. The third-order valence-electron chi connectivity index (χ3n) is 4.36. The minimum absolute atomic E-state index is 0. The smallest absolute Gasteiger partial charge is 0.195 e. The number of aromatic nitrogens is 1. The van der Waals surface area contributed by atoms with Crippen molar-refractivity contribution < 1.29 is 9.47 Å². The molecule has 2 N–H and O–H groups in total. The van der Waals surface area contributed by atoms with E-state index >= 15 is 0 Å². The molecule has 0 saturated carbocycles. The van der Waals surface area contributed by atoms with E-state index in [0.717, 1.165) is 35.5 Å². The van der Waals surface area contributed by atoms with E-state index in [1.54, 1.807) is 14.2 Å². The Morgan fingerprint density at radius 2 is 1.83 bits per heavy atom. The van der Waals surface area contributed by atoms with Crippen molar-refractivity contribution in [1.29, 1.82) is 0 Å². The molecule has 0 atom stereocenters. The number of guanidine groups is 1. The van der Waals surface area contributed by atoms with Crippen molar-refractivity contribution in [3.63, 3.8) is 0 Å². The first-order valence-electron chi connectivity index (χ1n) is 9.35. The van der Waals surface area contributed by atoms with Gasteiger partial charge in [0.1, 0.15) is 0 Å². The van der Waals surface area contributed by atoms with E-state index in [9.17, 15) is 0 Å². The summed E-state index contributed by atoms with van der Waals surface area (Å²) < 4.78 is 10.7. The molecule has 29 heavy (non-hydrogen) atoms. The summed E-state index contributed by atoms with van der Waals surface area (Å²) in [6.07, 6.45) is 2.65. The lowest BCUT2D eigenvalue weighted by Crippen LogP contribution is -2.30. The van der Waals surface area contributed by atoms with Crippen LogP contribution in [0.4, 0.5) is 5.69 Å². The van der Waals surface area contributed by atoms with E-state index in [0.29, 0.717) is 18.0 Å². The van der Waals surface area contributed by atoms with Crippen LogP contribution in [0.5, 0.6) is 11.5 Å². The highest BCUT2D eigenvalue weighted by atomic mass is 127. The van der Waals surface area contributed by atoms with Gasteiger partial charge >= 0.3 is 0 Å². The van der Waals surface area contributed by atoms with Gasteiger partial charge in [0.05, 0.1) is 19.7 Å². The lowest BCUT2D eigenvalue weighted by Gasteiger charge is -2.14. The topological polar surface area (TPSA) is 67.8 Å². The van der Waals surface area contributed by atoms with E-state index in [1.807, 2.05) is 37.4 Å². The number of hydrogen-bond acceptors (Lipinski definition) is 4. The predicted molar refractivity (Wildman–Crippen MR) is 130 cm³/mol. The van der Waals surface area contributed by atoms with Crippen LogP contribution in [0.25, 0.3) is 10.9 Å². The Hall–Kier alpha value is -2.55. The van der Waals surface area contributed by atoms with Gasteiger partial charge in [0, 0.05) is 36.4 Å². The zero-order valence-corrected chi connectivity index (χ0v) is 19.3. The van der Waals surface area contributed by atoms with Crippen molar-refractivity contribution >= 4 is 46.5 Å². The molecule has 1 aromatic heterocycles. The second-order valence-corrected chi connectivity index (χ2v) is 6.20. The number of pyridine rings is 1. The monoisotopic (exact) mass is 506 g/mol. The number of anilines is 1. The lowest BCUT2D eigenvalue weighted by atomic mass is 10.1. The normalized spacial score (nSPS) is 10.9. The van der Waals surface area contributed by atoms with Crippen LogP contribution in [0.15, 0.2) is 59.7 Å². The van der Waals surface area contributed by atoms with Crippen molar-refractivity contribution in [1.82, 2.24) is 10.3 Å². The maximum Gasteiger partial charge on any atom is 0.195 e. The summed E-state index contributed by atoms with van der Waals surface area (Å²) in [6, 6.07) is 16.0. The van der Waals surface area contributed by atoms with Gasteiger partial charge < -0.3 is 20.1 Å². The van der Waals surface area contributed by atoms with Gasteiger partial charge in [-0.1, -0.05) is 24.3 Å². The number of benzene rings is 2. The van der Waals surface area contributed by atoms with Crippen LogP contribution in [-0.4, -0.2) is 38.3 Å². The average Bonchev–Trinajstić information content (AvgIpc) is 2.74. The highest BCUT2D eigenvalue weighted by Crippen LogP contribution is 2.29. The molecule has 0 radical (unpaired) electrons. The second-order valence-electron chi connectivity index (χ2n) is 6.20. The maximum absolute atomic E-state index is 5.37. The molecule has 0 amide bonds. The molecule has 0 unspecified atom stereocenters. The third-order valence-corrected chi connectivity index (χ3v) is 4.36. The van der Waals surface area contributed by atoms with E-state index < -0.39 is 0 Å². The number of aliphatic imine (C=N–C) groups is 1. The minimum Gasteiger partial charge on any atom is -0.493 e. The first kappa shape index (κ1) is 22.7. The number of hydrogen-bond donors (Lipinski definition) is 2. The number of halogens is 1. The highest BCUT2D eigenvalue weighted by molar-refractivity contribution is 14.0. The predicted octanol–water partition coefficient (Wildman–Crippen LogP) is 4.49. The van der Waals surface area contributed by atoms with Crippen molar-refractivity contribution in [3.8, 4) is 11.5 Å². The fourth-order valence-corrected chi connectivity index (χ4v) is 3.02. The first-order chi connectivity index (χ1) is 13.7. The van der Waals surface area contributed by atoms with E-state index in [1.165, 1.54) is 5.56 Å². The number of methoxy groups -OCH3 is 2. The summed E-state index contributed by atoms with van der Waals surface area (Å²) in [5.74, 6) is 2.09. The summed E-state index contributed by atoms with van der Waals surface area (Å²) in [5.41, 5.74) is 3.12. The van der Waals surface area contributed by atoms with Crippen molar-refractivity contribution in [2.45, 2.75) is 13.3 Å². The van der Waals surface area contributed by atoms with Gasteiger partial charge in [-0.05, 0) is 37.1 Å². The molecule has 2 aromatic carbocycles. The Kier molecular flexibility index (Phi) is 8.98. The summed E-state index contributed by atoms with van der Waals surface area (Å²) >= 11 is 0. The Bertz CT molecular complexity index is 957. The van der Waals surface area contributed by atoms with E-state index in [-0.39, 0.29) is 24.0 Å². The third kappa shape index (κ3) is 5.96. The molecule has 0 aliphatic rings.